The third-order valence-electron chi connectivity index (χ3n) is 4.57. The lowest BCUT2D eigenvalue weighted by atomic mass is 10.1. The zero-order valence-electron chi connectivity index (χ0n) is 16.2. The number of aromatic nitrogens is 4. The minimum absolute atomic E-state index is 0.245. The maximum atomic E-state index is 12.4. The normalized spacial score (nSPS) is 13.4. The van der Waals surface area contributed by atoms with Crippen molar-refractivity contribution in [1.82, 2.24) is 20.2 Å². The molecule has 1 aliphatic rings. The average molecular weight is 391 g/mol. The monoisotopic (exact) mass is 391 g/mol. The SMILES string of the molecule is COc1cc(/C=C/C(=O)Nc2cccc(-c3nnnn3C3CC3)c2)cc(OC)c1. The summed E-state index contributed by atoms with van der Waals surface area (Å²) in [5, 5.41) is 14.9. The van der Waals surface area contributed by atoms with E-state index in [1.54, 1.807) is 26.4 Å². The van der Waals surface area contributed by atoms with Gasteiger partial charge in [0.25, 0.3) is 0 Å². The van der Waals surface area contributed by atoms with Crippen LogP contribution in [0.2, 0.25) is 0 Å². The molecule has 0 spiro atoms. The smallest absolute Gasteiger partial charge is 0.248 e. The molecule has 3 aromatic rings. The van der Waals surface area contributed by atoms with Crippen molar-refractivity contribution in [2.45, 2.75) is 18.9 Å². The van der Waals surface area contributed by atoms with Crippen LogP contribution >= 0.6 is 0 Å². The van der Waals surface area contributed by atoms with Gasteiger partial charge in [0, 0.05) is 23.4 Å². The molecule has 1 heterocycles. The molecule has 1 fully saturated rings. The van der Waals surface area contributed by atoms with Crippen molar-refractivity contribution in [2.24, 2.45) is 0 Å². The standard InChI is InChI=1S/C21H21N5O3/c1-28-18-10-14(11-19(13-18)29-2)6-9-20(27)22-16-5-3-4-15(12-16)21-23-24-25-26(21)17-7-8-17/h3-6,9-13,17H,7-8H2,1-2H3,(H,22,27)/b9-6+. The van der Waals surface area contributed by atoms with Gasteiger partial charge in [-0.3, -0.25) is 4.79 Å². The molecule has 1 aliphatic carbocycles. The molecule has 2 aromatic carbocycles. The summed E-state index contributed by atoms with van der Waals surface area (Å²) in [6.07, 6.45) is 5.36. The number of amides is 1. The Labute approximate surface area is 168 Å². The van der Waals surface area contributed by atoms with Crippen LogP contribution in [0.3, 0.4) is 0 Å². The molecule has 1 saturated carbocycles. The van der Waals surface area contributed by atoms with Crippen LogP contribution in [0.1, 0.15) is 24.4 Å². The lowest BCUT2D eigenvalue weighted by Gasteiger charge is -2.07. The Balaban J connectivity index is 1.47. The summed E-state index contributed by atoms with van der Waals surface area (Å²) < 4.78 is 12.3. The van der Waals surface area contributed by atoms with Gasteiger partial charge in [0.2, 0.25) is 5.91 Å². The van der Waals surface area contributed by atoms with Gasteiger partial charge in [-0.05, 0) is 59.2 Å². The second kappa shape index (κ2) is 8.14. The lowest BCUT2D eigenvalue weighted by Crippen LogP contribution is -2.08. The van der Waals surface area contributed by atoms with Crippen LogP contribution in [0.4, 0.5) is 5.69 Å². The Morgan fingerprint density at radius 3 is 2.59 bits per heavy atom. The van der Waals surface area contributed by atoms with Crippen LogP contribution in [0.5, 0.6) is 11.5 Å². The van der Waals surface area contributed by atoms with Crippen molar-refractivity contribution in [3.63, 3.8) is 0 Å². The van der Waals surface area contributed by atoms with Crippen molar-refractivity contribution in [3.8, 4) is 22.9 Å². The molecule has 29 heavy (non-hydrogen) atoms. The van der Waals surface area contributed by atoms with Gasteiger partial charge in [-0.15, -0.1) is 5.10 Å². The molecule has 0 saturated heterocycles. The molecule has 0 aliphatic heterocycles. The van der Waals surface area contributed by atoms with Gasteiger partial charge >= 0.3 is 0 Å². The Kier molecular flexibility index (Phi) is 5.24. The highest BCUT2D eigenvalue weighted by Crippen LogP contribution is 2.36. The van der Waals surface area contributed by atoms with E-state index in [0.717, 1.165) is 24.0 Å². The predicted molar refractivity (Wildman–Crippen MR) is 109 cm³/mol. The number of hydrogen-bond donors (Lipinski definition) is 1. The van der Waals surface area contributed by atoms with E-state index >= 15 is 0 Å². The van der Waals surface area contributed by atoms with E-state index in [9.17, 15) is 4.79 Å². The third-order valence-corrected chi connectivity index (χ3v) is 4.57. The Morgan fingerprint density at radius 2 is 1.90 bits per heavy atom. The van der Waals surface area contributed by atoms with Crippen molar-refractivity contribution >= 4 is 17.7 Å². The summed E-state index contributed by atoms with van der Waals surface area (Å²) in [5.74, 6) is 1.78. The van der Waals surface area contributed by atoms with E-state index in [2.05, 4.69) is 20.8 Å². The quantitative estimate of drug-likeness (QED) is 0.621. The number of ether oxygens (including phenoxy) is 2. The number of benzene rings is 2. The van der Waals surface area contributed by atoms with E-state index in [1.807, 2.05) is 41.1 Å². The van der Waals surface area contributed by atoms with Crippen molar-refractivity contribution < 1.29 is 14.3 Å². The summed E-state index contributed by atoms with van der Waals surface area (Å²) in [7, 11) is 3.17. The number of carbonyl (C=O) groups is 1. The zero-order valence-corrected chi connectivity index (χ0v) is 16.2. The molecule has 4 rings (SSSR count). The highest BCUT2D eigenvalue weighted by atomic mass is 16.5. The molecule has 148 valence electrons. The maximum absolute atomic E-state index is 12.4. The topological polar surface area (TPSA) is 91.2 Å². The highest BCUT2D eigenvalue weighted by molar-refractivity contribution is 6.02. The number of anilines is 1. The van der Waals surface area contributed by atoms with Crippen molar-refractivity contribution in [2.75, 3.05) is 19.5 Å². The van der Waals surface area contributed by atoms with E-state index in [-0.39, 0.29) is 5.91 Å². The molecule has 0 radical (unpaired) electrons. The Hall–Kier alpha value is -3.68. The Morgan fingerprint density at radius 1 is 1.14 bits per heavy atom. The first-order chi connectivity index (χ1) is 14.2. The van der Waals surface area contributed by atoms with Gasteiger partial charge in [0.1, 0.15) is 11.5 Å². The molecular weight excluding hydrogens is 370 g/mol. The Bertz CT molecular complexity index is 1030. The number of nitrogens with one attached hydrogen (secondary N) is 1. The fraction of sp³-hybridized carbons (Fsp3) is 0.238. The largest absolute Gasteiger partial charge is 0.497 e. The maximum Gasteiger partial charge on any atom is 0.248 e. The molecular formula is C21H21N5O3. The minimum atomic E-state index is -0.245. The first kappa shape index (κ1) is 18.7. The number of carbonyl (C=O) groups excluding carboxylic acids is 1. The predicted octanol–water partition coefficient (Wildman–Crippen LogP) is 3.34. The minimum Gasteiger partial charge on any atom is -0.497 e. The van der Waals surface area contributed by atoms with Gasteiger partial charge in [0.15, 0.2) is 5.82 Å². The molecule has 1 amide bonds. The van der Waals surface area contributed by atoms with Crippen LogP contribution in [0, 0.1) is 0 Å². The highest BCUT2D eigenvalue weighted by Gasteiger charge is 2.28. The van der Waals surface area contributed by atoms with E-state index < -0.39 is 0 Å². The summed E-state index contributed by atoms with van der Waals surface area (Å²) >= 11 is 0. The van der Waals surface area contributed by atoms with Crippen LogP contribution < -0.4 is 14.8 Å². The molecule has 1 aromatic heterocycles. The number of tetrazole rings is 1. The summed E-state index contributed by atoms with van der Waals surface area (Å²) in [5.41, 5.74) is 2.33. The van der Waals surface area contributed by atoms with Crippen molar-refractivity contribution in [3.05, 3.63) is 54.1 Å². The molecule has 1 N–H and O–H groups in total. The zero-order chi connectivity index (χ0) is 20.2. The summed E-state index contributed by atoms with van der Waals surface area (Å²) in [6.45, 7) is 0. The van der Waals surface area contributed by atoms with Crippen LogP contribution in [0.15, 0.2) is 48.5 Å². The van der Waals surface area contributed by atoms with E-state index in [1.165, 1.54) is 6.08 Å². The van der Waals surface area contributed by atoms with Crippen LogP contribution in [0.25, 0.3) is 17.5 Å². The van der Waals surface area contributed by atoms with Crippen LogP contribution in [-0.2, 0) is 4.79 Å². The number of methoxy groups -OCH3 is 2. The fourth-order valence-electron chi connectivity index (χ4n) is 2.97. The van der Waals surface area contributed by atoms with E-state index in [4.69, 9.17) is 9.47 Å². The molecule has 0 unspecified atom stereocenters. The van der Waals surface area contributed by atoms with Gasteiger partial charge < -0.3 is 14.8 Å². The molecule has 0 bridgehead atoms. The van der Waals surface area contributed by atoms with Gasteiger partial charge in [-0.1, -0.05) is 12.1 Å². The van der Waals surface area contributed by atoms with Gasteiger partial charge in [-0.2, -0.15) is 0 Å². The number of nitrogens with zero attached hydrogens (tertiary/aromatic N) is 4. The molecule has 0 atom stereocenters. The van der Waals surface area contributed by atoms with E-state index in [0.29, 0.717) is 29.1 Å². The molecule has 8 heteroatoms. The second-order valence-corrected chi connectivity index (χ2v) is 6.73. The number of hydrogen-bond acceptors (Lipinski definition) is 6. The first-order valence-electron chi connectivity index (χ1n) is 9.26. The second-order valence-electron chi connectivity index (χ2n) is 6.73. The van der Waals surface area contributed by atoms with Crippen molar-refractivity contribution in [1.29, 1.82) is 0 Å². The van der Waals surface area contributed by atoms with Crippen LogP contribution in [-0.4, -0.2) is 40.3 Å². The third kappa shape index (κ3) is 4.43. The summed E-state index contributed by atoms with van der Waals surface area (Å²) in [4.78, 5) is 12.4. The average Bonchev–Trinajstić information content (AvgIpc) is 3.48. The molecule has 8 nitrogen and oxygen atoms in total. The number of rotatable bonds is 7. The summed E-state index contributed by atoms with van der Waals surface area (Å²) in [6, 6.07) is 13.3. The fourth-order valence-corrected chi connectivity index (χ4v) is 2.97. The lowest BCUT2D eigenvalue weighted by molar-refractivity contribution is -0.111. The van der Waals surface area contributed by atoms with Gasteiger partial charge in [0.05, 0.1) is 20.3 Å². The first-order valence-corrected chi connectivity index (χ1v) is 9.26. The van der Waals surface area contributed by atoms with Gasteiger partial charge in [-0.25, -0.2) is 4.68 Å².